The number of hydrogen-bond donors (Lipinski definition) is 1. The number of halogens is 3. The summed E-state index contributed by atoms with van der Waals surface area (Å²) < 4.78 is 52.8. The topological polar surface area (TPSA) is 65.5 Å². The first kappa shape index (κ1) is 23.2. The quantitative estimate of drug-likeness (QED) is 0.254. The Labute approximate surface area is 172 Å². The van der Waals surface area contributed by atoms with E-state index in [-0.39, 0.29) is 18.3 Å². The second kappa shape index (κ2) is 10.1. The molecule has 1 aromatic carbocycles. The average molecular weight is 431 g/mol. The van der Waals surface area contributed by atoms with Crippen molar-refractivity contribution in [2.24, 2.45) is 0 Å². The molecule has 0 aliphatic heterocycles. The summed E-state index contributed by atoms with van der Waals surface area (Å²) in [5, 5.41) is 3.34. The lowest BCUT2D eigenvalue weighted by Crippen LogP contribution is -2.20. The van der Waals surface area contributed by atoms with Gasteiger partial charge in [0, 0.05) is 11.8 Å². The largest absolute Gasteiger partial charge is 0.468 e. The number of nitrogens with zero attached hydrogens (tertiary/aromatic N) is 2. The molecule has 2 aromatic rings. The summed E-state index contributed by atoms with van der Waals surface area (Å²) in [6.07, 6.45) is -2.71. The zero-order chi connectivity index (χ0) is 21.5. The predicted molar refractivity (Wildman–Crippen MR) is 106 cm³/mol. The van der Waals surface area contributed by atoms with E-state index in [0.29, 0.717) is 23.3 Å². The molecule has 1 heterocycles. The Hall–Kier alpha value is -2.04. The maximum absolute atomic E-state index is 12.4. The Bertz CT molecular complexity index is 781. The van der Waals surface area contributed by atoms with Gasteiger partial charge in [-0.2, -0.15) is 18.2 Å². The number of aromatic nitrogens is 2. The fraction of sp³-hybridized carbons (Fsp3) is 0.474. The van der Waals surface area contributed by atoms with Gasteiger partial charge in [-0.3, -0.25) is 0 Å². The van der Waals surface area contributed by atoms with Crippen LogP contribution < -0.4 is 10.1 Å². The Morgan fingerprint density at radius 3 is 2.34 bits per heavy atom. The van der Waals surface area contributed by atoms with Crippen LogP contribution in [0.15, 0.2) is 35.5 Å². The number of benzene rings is 1. The summed E-state index contributed by atoms with van der Waals surface area (Å²) >= 11 is 1.20. The monoisotopic (exact) mass is 431 g/mol. The number of alkyl halides is 3. The Morgan fingerprint density at radius 1 is 1.07 bits per heavy atom. The highest BCUT2D eigenvalue weighted by atomic mass is 32.2. The molecule has 0 saturated heterocycles. The van der Waals surface area contributed by atoms with Crippen molar-refractivity contribution < 1.29 is 27.4 Å². The van der Waals surface area contributed by atoms with E-state index in [9.17, 15) is 13.2 Å². The average Bonchev–Trinajstić information content (AvgIpc) is 2.63. The van der Waals surface area contributed by atoms with Crippen molar-refractivity contribution in [2.75, 3.05) is 25.0 Å². The summed E-state index contributed by atoms with van der Waals surface area (Å²) in [7, 11) is 0. The van der Waals surface area contributed by atoms with E-state index >= 15 is 0 Å². The van der Waals surface area contributed by atoms with Crippen LogP contribution in [0.1, 0.15) is 26.3 Å². The van der Waals surface area contributed by atoms with Crippen LogP contribution in [0.2, 0.25) is 0 Å². The minimum atomic E-state index is -4.44. The molecule has 0 radical (unpaired) electrons. The van der Waals surface area contributed by atoms with Crippen molar-refractivity contribution in [3.05, 3.63) is 35.9 Å². The Kier molecular flexibility index (Phi) is 8.12. The van der Waals surface area contributed by atoms with Crippen molar-refractivity contribution in [1.29, 1.82) is 0 Å². The molecule has 0 spiro atoms. The molecule has 6 nitrogen and oxygen atoms in total. The summed E-state index contributed by atoms with van der Waals surface area (Å²) in [5.74, 6) is 0.192. The van der Waals surface area contributed by atoms with Crippen molar-refractivity contribution in [3.8, 4) is 5.88 Å². The summed E-state index contributed by atoms with van der Waals surface area (Å²) in [6.45, 7) is 5.04. The first-order valence-corrected chi connectivity index (χ1v) is 9.97. The van der Waals surface area contributed by atoms with Gasteiger partial charge in [-0.25, -0.2) is 4.98 Å². The highest BCUT2D eigenvalue weighted by Gasteiger charge is 2.28. The van der Waals surface area contributed by atoms with Crippen molar-refractivity contribution >= 4 is 23.3 Å². The number of ether oxygens (including phenoxy) is 3. The highest BCUT2D eigenvalue weighted by molar-refractivity contribution is 7.98. The van der Waals surface area contributed by atoms with E-state index in [1.54, 1.807) is 6.26 Å². The summed E-state index contributed by atoms with van der Waals surface area (Å²) in [6, 6.07) is 8.71. The van der Waals surface area contributed by atoms with E-state index in [0.717, 1.165) is 5.56 Å². The molecule has 0 atom stereocenters. The molecule has 0 bridgehead atoms. The van der Waals surface area contributed by atoms with Crippen LogP contribution in [0.5, 0.6) is 5.88 Å². The number of nitrogens with one attached hydrogen (secondary N) is 1. The van der Waals surface area contributed by atoms with Gasteiger partial charge >= 0.3 is 6.18 Å². The van der Waals surface area contributed by atoms with Crippen LogP contribution >= 0.6 is 11.8 Å². The first-order valence-electron chi connectivity index (χ1n) is 8.74. The van der Waals surface area contributed by atoms with Crippen LogP contribution in [0.3, 0.4) is 0 Å². The van der Waals surface area contributed by atoms with Crippen LogP contribution in [-0.2, 0) is 16.1 Å². The van der Waals surface area contributed by atoms with Gasteiger partial charge in [0.25, 0.3) is 0 Å². The highest BCUT2D eigenvalue weighted by Crippen LogP contribution is 2.24. The van der Waals surface area contributed by atoms with Gasteiger partial charge in [-0.1, -0.05) is 23.9 Å². The fourth-order valence-electron chi connectivity index (χ4n) is 2.00. The molecule has 160 valence electrons. The van der Waals surface area contributed by atoms with E-state index < -0.39 is 12.8 Å². The van der Waals surface area contributed by atoms with Gasteiger partial charge in [0.2, 0.25) is 5.88 Å². The minimum absolute atomic E-state index is 0.145. The zero-order valence-electron chi connectivity index (χ0n) is 16.7. The molecule has 29 heavy (non-hydrogen) atoms. The SMILES string of the molecule is CSc1nc(Nc2ccc(COCOC(C)(C)C)cc2)cc(OCC(F)(F)F)n1. The van der Waals surface area contributed by atoms with Crippen LogP contribution in [-0.4, -0.2) is 41.4 Å². The molecular formula is C19H24F3N3O3S. The van der Waals surface area contributed by atoms with Crippen molar-refractivity contribution in [2.45, 2.75) is 44.3 Å². The standard InChI is InChI=1S/C19H24F3N3O3S/c1-18(2,3)28-12-26-10-13-5-7-14(8-6-13)23-15-9-16(25-17(24-15)29-4)27-11-19(20,21)22/h5-9H,10-12H2,1-4H3,(H,23,24,25). The normalized spacial score (nSPS) is 12.1. The summed E-state index contributed by atoms with van der Waals surface area (Å²) in [4.78, 5) is 8.17. The molecule has 0 unspecified atom stereocenters. The van der Waals surface area contributed by atoms with Crippen molar-refractivity contribution in [3.63, 3.8) is 0 Å². The van der Waals surface area contributed by atoms with Crippen LogP contribution in [0, 0.1) is 0 Å². The van der Waals surface area contributed by atoms with Crippen molar-refractivity contribution in [1.82, 2.24) is 9.97 Å². The first-order chi connectivity index (χ1) is 13.5. The number of thioether (sulfide) groups is 1. The molecule has 0 fully saturated rings. The van der Waals surface area contributed by atoms with Crippen LogP contribution in [0.25, 0.3) is 0 Å². The molecule has 1 aromatic heterocycles. The van der Waals surface area contributed by atoms with Gasteiger partial charge in [-0.05, 0) is 44.7 Å². The Balaban J connectivity index is 1.96. The lowest BCUT2D eigenvalue weighted by molar-refractivity contribution is -0.154. The fourth-order valence-corrected chi connectivity index (χ4v) is 2.37. The molecule has 0 aliphatic rings. The molecule has 0 amide bonds. The third-order valence-electron chi connectivity index (χ3n) is 3.32. The van der Waals surface area contributed by atoms with E-state index in [2.05, 4.69) is 15.3 Å². The van der Waals surface area contributed by atoms with Gasteiger partial charge in [0.1, 0.15) is 12.6 Å². The molecule has 0 saturated carbocycles. The summed E-state index contributed by atoms with van der Waals surface area (Å²) in [5.41, 5.74) is 1.41. The number of rotatable bonds is 9. The minimum Gasteiger partial charge on any atom is -0.468 e. The van der Waals surface area contributed by atoms with Gasteiger partial charge in [0.15, 0.2) is 11.8 Å². The van der Waals surface area contributed by atoms with Gasteiger partial charge in [-0.15, -0.1) is 0 Å². The lowest BCUT2D eigenvalue weighted by atomic mass is 10.2. The second-order valence-electron chi connectivity index (χ2n) is 7.03. The lowest BCUT2D eigenvalue weighted by Gasteiger charge is -2.19. The molecular weight excluding hydrogens is 407 g/mol. The van der Waals surface area contributed by atoms with E-state index in [4.69, 9.17) is 14.2 Å². The van der Waals surface area contributed by atoms with Crippen LogP contribution in [0.4, 0.5) is 24.7 Å². The molecule has 0 aliphatic carbocycles. The van der Waals surface area contributed by atoms with Gasteiger partial charge in [0.05, 0.1) is 12.2 Å². The number of hydrogen-bond acceptors (Lipinski definition) is 7. The third-order valence-corrected chi connectivity index (χ3v) is 3.87. The zero-order valence-corrected chi connectivity index (χ0v) is 17.5. The smallest absolute Gasteiger partial charge is 0.422 e. The number of anilines is 2. The molecule has 10 heteroatoms. The molecule has 2 rings (SSSR count). The Morgan fingerprint density at radius 2 is 1.76 bits per heavy atom. The van der Waals surface area contributed by atoms with E-state index in [1.807, 2.05) is 45.0 Å². The second-order valence-corrected chi connectivity index (χ2v) is 7.80. The maximum Gasteiger partial charge on any atom is 0.422 e. The van der Waals surface area contributed by atoms with Gasteiger partial charge < -0.3 is 19.5 Å². The van der Waals surface area contributed by atoms with E-state index in [1.165, 1.54) is 17.8 Å². The maximum atomic E-state index is 12.4. The predicted octanol–water partition coefficient (Wildman–Crippen LogP) is 5.17. The third kappa shape index (κ3) is 9.33. The molecule has 1 N–H and O–H groups in total.